The lowest BCUT2D eigenvalue weighted by Crippen LogP contribution is -2.21. The molecule has 44 heavy (non-hydrogen) atoms. The summed E-state index contributed by atoms with van der Waals surface area (Å²) in [5, 5.41) is 5.96. The van der Waals surface area contributed by atoms with E-state index in [1.165, 1.54) is 0 Å². The number of carbonyl (C=O) groups excluding carboxylic acids is 2. The summed E-state index contributed by atoms with van der Waals surface area (Å²) in [5.74, 6) is 1.68. The molecule has 0 aliphatic carbocycles. The second-order valence-corrected chi connectivity index (χ2v) is 12.1. The molecule has 6 heteroatoms. The number of rotatable bonds is 11. The van der Waals surface area contributed by atoms with Gasteiger partial charge in [0.1, 0.15) is 11.5 Å². The van der Waals surface area contributed by atoms with Gasteiger partial charge >= 0.3 is 0 Å². The molecule has 0 radical (unpaired) electrons. The van der Waals surface area contributed by atoms with Crippen molar-refractivity contribution in [1.29, 1.82) is 0 Å². The fourth-order valence-corrected chi connectivity index (χ4v) is 5.11. The molecule has 4 aromatic rings. The van der Waals surface area contributed by atoms with Gasteiger partial charge in [-0.3, -0.25) is 9.59 Å². The normalized spacial score (nSPS) is 11.0. The molecule has 4 rings (SSSR count). The van der Waals surface area contributed by atoms with Crippen LogP contribution in [0.25, 0.3) is 11.1 Å². The minimum atomic E-state index is -0.209. The van der Waals surface area contributed by atoms with Gasteiger partial charge in [-0.15, -0.1) is 0 Å². The van der Waals surface area contributed by atoms with Crippen LogP contribution in [0.15, 0.2) is 72.8 Å². The van der Waals surface area contributed by atoms with Gasteiger partial charge in [0.25, 0.3) is 11.8 Å². The molecule has 0 saturated carbocycles. The minimum absolute atomic E-state index is 0.0638. The molecule has 2 amide bonds. The van der Waals surface area contributed by atoms with Crippen LogP contribution >= 0.6 is 0 Å². The largest absolute Gasteiger partial charge is 0.483 e. The van der Waals surface area contributed by atoms with Crippen LogP contribution in [0.5, 0.6) is 11.5 Å². The topological polar surface area (TPSA) is 76.7 Å². The average Bonchev–Trinajstić information content (AvgIpc) is 2.97. The summed E-state index contributed by atoms with van der Waals surface area (Å²) >= 11 is 0. The molecule has 6 nitrogen and oxygen atoms in total. The van der Waals surface area contributed by atoms with Gasteiger partial charge in [0, 0.05) is 11.4 Å². The van der Waals surface area contributed by atoms with E-state index in [0.29, 0.717) is 11.8 Å². The standard InChI is InChI=1S/C38H44N2O4/c1-23(2)31-13-9-25(5)17-35(31)43-21-37(41)39-33-15-11-29(19-27(33)7)30-12-16-34(28(8)20-30)40-38(42)22-44-36-18-26(6)10-14-32(36)24(3)4/h9-20,23-24H,21-22H2,1-8H3,(H,39,41)(H,40,42). The molecule has 0 fully saturated rings. The van der Waals surface area contributed by atoms with E-state index >= 15 is 0 Å². The minimum Gasteiger partial charge on any atom is -0.483 e. The van der Waals surface area contributed by atoms with Crippen molar-refractivity contribution in [3.63, 3.8) is 0 Å². The van der Waals surface area contributed by atoms with Crippen molar-refractivity contribution in [2.45, 2.75) is 67.2 Å². The first-order valence-electron chi connectivity index (χ1n) is 15.2. The Balaban J connectivity index is 1.36. The van der Waals surface area contributed by atoms with Gasteiger partial charge in [-0.25, -0.2) is 0 Å². The SMILES string of the molecule is Cc1ccc(C(C)C)c(OCC(=O)Nc2ccc(-c3ccc(NC(=O)COc4cc(C)ccc4C(C)C)c(C)c3)cc2C)c1. The van der Waals surface area contributed by atoms with Crippen LogP contribution in [0.3, 0.4) is 0 Å². The number of aryl methyl sites for hydroxylation is 4. The summed E-state index contributed by atoms with van der Waals surface area (Å²) in [4.78, 5) is 25.5. The van der Waals surface area contributed by atoms with E-state index in [4.69, 9.17) is 9.47 Å². The number of hydrogen-bond acceptors (Lipinski definition) is 4. The third kappa shape index (κ3) is 8.28. The number of amides is 2. The van der Waals surface area contributed by atoms with E-state index in [2.05, 4.69) is 62.6 Å². The van der Waals surface area contributed by atoms with Gasteiger partial charge < -0.3 is 20.1 Å². The molecule has 4 aromatic carbocycles. The Morgan fingerprint density at radius 3 is 1.30 bits per heavy atom. The van der Waals surface area contributed by atoms with Crippen LogP contribution in [-0.4, -0.2) is 25.0 Å². The molecule has 2 N–H and O–H groups in total. The number of ether oxygens (including phenoxy) is 2. The molecule has 0 spiro atoms. The number of carbonyl (C=O) groups is 2. The highest BCUT2D eigenvalue weighted by Crippen LogP contribution is 2.30. The summed E-state index contributed by atoms with van der Waals surface area (Å²) in [6.07, 6.45) is 0. The van der Waals surface area contributed by atoms with Crippen LogP contribution in [-0.2, 0) is 9.59 Å². The molecule has 0 unspecified atom stereocenters. The van der Waals surface area contributed by atoms with Gasteiger partial charge in [-0.1, -0.05) is 64.1 Å². The van der Waals surface area contributed by atoms with Crippen molar-refractivity contribution < 1.29 is 19.1 Å². The predicted octanol–water partition coefficient (Wildman–Crippen LogP) is 8.87. The van der Waals surface area contributed by atoms with Gasteiger partial charge in [-0.05, 0) is 120 Å². The molecule has 0 atom stereocenters. The zero-order valence-corrected chi connectivity index (χ0v) is 27.1. The zero-order valence-electron chi connectivity index (χ0n) is 27.1. The van der Waals surface area contributed by atoms with Crippen LogP contribution in [0.2, 0.25) is 0 Å². The Kier molecular flexibility index (Phi) is 10.5. The monoisotopic (exact) mass is 592 g/mol. The number of nitrogens with one attached hydrogen (secondary N) is 2. The summed E-state index contributed by atoms with van der Waals surface area (Å²) in [5.41, 5.74) is 9.75. The Hall–Kier alpha value is -4.58. The first-order chi connectivity index (χ1) is 20.9. The molecule has 230 valence electrons. The zero-order chi connectivity index (χ0) is 32.0. The smallest absolute Gasteiger partial charge is 0.262 e. The highest BCUT2D eigenvalue weighted by atomic mass is 16.5. The first kappa shape index (κ1) is 32.3. The van der Waals surface area contributed by atoms with Crippen molar-refractivity contribution >= 4 is 23.2 Å². The third-order valence-electron chi connectivity index (χ3n) is 7.63. The van der Waals surface area contributed by atoms with E-state index in [1.807, 2.05) is 76.2 Å². The molecule has 0 aromatic heterocycles. The van der Waals surface area contributed by atoms with Gasteiger partial charge in [0.05, 0.1) is 0 Å². The maximum atomic E-state index is 12.7. The van der Waals surface area contributed by atoms with E-state index in [1.54, 1.807) is 0 Å². The van der Waals surface area contributed by atoms with E-state index < -0.39 is 0 Å². The maximum Gasteiger partial charge on any atom is 0.262 e. The Bertz CT molecular complexity index is 1530. The molecule has 0 aliphatic rings. The molecular weight excluding hydrogens is 548 g/mol. The first-order valence-corrected chi connectivity index (χ1v) is 15.2. The fourth-order valence-electron chi connectivity index (χ4n) is 5.11. The van der Waals surface area contributed by atoms with Crippen LogP contribution in [0.1, 0.15) is 72.9 Å². The molecule has 0 aliphatic heterocycles. The fraction of sp³-hybridized carbons (Fsp3) is 0.316. The predicted molar refractivity (Wildman–Crippen MR) is 180 cm³/mol. The number of hydrogen-bond donors (Lipinski definition) is 2. The molecule has 0 saturated heterocycles. The average molecular weight is 593 g/mol. The van der Waals surface area contributed by atoms with Gasteiger partial charge in [-0.2, -0.15) is 0 Å². The van der Waals surface area contributed by atoms with Crippen molar-refractivity contribution in [3.05, 3.63) is 106 Å². The summed E-state index contributed by atoms with van der Waals surface area (Å²) in [7, 11) is 0. The second kappa shape index (κ2) is 14.3. The number of anilines is 2. The molecule has 0 bridgehead atoms. The molecule has 0 heterocycles. The summed E-state index contributed by atoms with van der Waals surface area (Å²) in [6, 6.07) is 24.1. The van der Waals surface area contributed by atoms with Crippen molar-refractivity contribution in [3.8, 4) is 22.6 Å². The van der Waals surface area contributed by atoms with Crippen molar-refractivity contribution in [1.82, 2.24) is 0 Å². The Labute approximate surface area is 261 Å². The lowest BCUT2D eigenvalue weighted by Gasteiger charge is -2.16. The lowest BCUT2D eigenvalue weighted by molar-refractivity contribution is -0.118. The Morgan fingerprint density at radius 1 is 0.568 bits per heavy atom. The highest BCUT2D eigenvalue weighted by Gasteiger charge is 2.14. The lowest BCUT2D eigenvalue weighted by atomic mass is 10.00. The number of benzene rings is 4. The third-order valence-corrected chi connectivity index (χ3v) is 7.63. The van der Waals surface area contributed by atoms with E-state index in [-0.39, 0.29) is 25.0 Å². The van der Waals surface area contributed by atoms with Gasteiger partial charge in [0.15, 0.2) is 13.2 Å². The quantitative estimate of drug-likeness (QED) is 0.182. The van der Waals surface area contributed by atoms with Crippen molar-refractivity contribution in [2.24, 2.45) is 0 Å². The second-order valence-electron chi connectivity index (χ2n) is 12.1. The summed E-state index contributed by atoms with van der Waals surface area (Å²) < 4.78 is 11.8. The maximum absolute atomic E-state index is 12.7. The van der Waals surface area contributed by atoms with E-state index in [9.17, 15) is 9.59 Å². The van der Waals surface area contributed by atoms with Crippen LogP contribution in [0, 0.1) is 27.7 Å². The van der Waals surface area contributed by atoms with Crippen LogP contribution in [0.4, 0.5) is 11.4 Å². The molecular formula is C38H44N2O4. The van der Waals surface area contributed by atoms with Crippen LogP contribution < -0.4 is 20.1 Å². The highest BCUT2D eigenvalue weighted by molar-refractivity contribution is 5.94. The Morgan fingerprint density at radius 2 is 0.955 bits per heavy atom. The van der Waals surface area contributed by atoms with Gasteiger partial charge in [0.2, 0.25) is 0 Å². The van der Waals surface area contributed by atoms with Crippen molar-refractivity contribution in [2.75, 3.05) is 23.8 Å². The van der Waals surface area contributed by atoms with E-state index in [0.717, 1.165) is 67.4 Å². The summed E-state index contributed by atoms with van der Waals surface area (Å²) in [6.45, 7) is 16.3.